The van der Waals surface area contributed by atoms with E-state index in [4.69, 9.17) is 11.6 Å². The molecule has 4 heteroatoms. The van der Waals surface area contributed by atoms with Crippen LogP contribution < -0.4 is 5.32 Å². The van der Waals surface area contributed by atoms with E-state index in [0.29, 0.717) is 5.41 Å². The quantitative estimate of drug-likeness (QED) is 0.736. The predicted octanol–water partition coefficient (Wildman–Crippen LogP) is 5.51. The zero-order valence-corrected chi connectivity index (χ0v) is 15.0. The molecule has 0 amide bonds. The fourth-order valence-electron chi connectivity index (χ4n) is 1.57. The third-order valence-corrected chi connectivity index (χ3v) is 5.38. The topological polar surface area (TPSA) is 12.0 Å². The molecule has 0 bridgehead atoms. The monoisotopic (exact) mass is 351 g/mol. The van der Waals surface area contributed by atoms with Crippen LogP contribution in [0.1, 0.15) is 45.9 Å². The van der Waals surface area contributed by atoms with Crippen LogP contribution in [0.5, 0.6) is 0 Å². The van der Waals surface area contributed by atoms with Crippen LogP contribution in [0, 0.1) is 5.41 Å². The third-order valence-electron chi connectivity index (χ3n) is 2.84. The summed E-state index contributed by atoms with van der Waals surface area (Å²) in [7, 11) is 0. The SMILES string of the molecule is CC(C)(CCc1cc(Br)c(Cl)s1)CNC(C)(C)C. The van der Waals surface area contributed by atoms with Gasteiger partial charge in [0.25, 0.3) is 0 Å². The Morgan fingerprint density at radius 1 is 1.28 bits per heavy atom. The predicted molar refractivity (Wildman–Crippen MR) is 86.9 cm³/mol. The normalized spacial score (nSPS) is 13.1. The van der Waals surface area contributed by atoms with Gasteiger partial charge in [-0.15, -0.1) is 11.3 Å². The molecule has 0 atom stereocenters. The first kappa shape index (κ1) is 16.5. The largest absolute Gasteiger partial charge is 0.312 e. The second kappa shape index (κ2) is 6.25. The number of rotatable bonds is 5. The molecule has 1 aromatic rings. The molecule has 0 saturated heterocycles. The fraction of sp³-hybridized carbons (Fsp3) is 0.714. The summed E-state index contributed by atoms with van der Waals surface area (Å²) in [6, 6.07) is 2.14. The van der Waals surface area contributed by atoms with Gasteiger partial charge in [-0.1, -0.05) is 25.4 Å². The zero-order valence-electron chi connectivity index (χ0n) is 11.9. The Balaban J connectivity index is 2.46. The number of hydrogen-bond donors (Lipinski definition) is 1. The Morgan fingerprint density at radius 3 is 2.33 bits per heavy atom. The van der Waals surface area contributed by atoms with Gasteiger partial charge in [-0.2, -0.15) is 0 Å². The first-order valence-electron chi connectivity index (χ1n) is 6.28. The molecular weight excluding hydrogens is 330 g/mol. The van der Waals surface area contributed by atoms with E-state index in [1.165, 1.54) is 11.3 Å². The van der Waals surface area contributed by atoms with Gasteiger partial charge in [0.2, 0.25) is 0 Å². The molecule has 0 unspecified atom stereocenters. The van der Waals surface area contributed by atoms with Gasteiger partial charge in [-0.05, 0) is 61.0 Å². The number of aryl methyl sites for hydroxylation is 1. The van der Waals surface area contributed by atoms with E-state index in [1.54, 1.807) is 11.3 Å². The molecule has 0 radical (unpaired) electrons. The van der Waals surface area contributed by atoms with Crippen molar-refractivity contribution in [2.75, 3.05) is 6.54 Å². The van der Waals surface area contributed by atoms with E-state index < -0.39 is 0 Å². The average molecular weight is 353 g/mol. The molecule has 1 rings (SSSR count). The van der Waals surface area contributed by atoms with Gasteiger partial charge in [0, 0.05) is 21.4 Å². The number of hydrogen-bond acceptors (Lipinski definition) is 2. The van der Waals surface area contributed by atoms with Gasteiger partial charge in [-0.25, -0.2) is 0 Å². The molecule has 0 aliphatic rings. The van der Waals surface area contributed by atoms with E-state index in [9.17, 15) is 0 Å². The van der Waals surface area contributed by atoms with Crippen molar-refractivity contribution in [2.24, 2.45) is 5.41 Å². The molecule has 1 N–H and O–H groups in total. The van der Waals surface area contributed by atoms with Crippen LogP contribution in [0.15, 0.2) is 10.5 Å². The van der Waals surface area contributed by atoms with Crippen LogP contribution in [0.3, 0.4) is 0 Å². The first-order chi connectivity index (χ1) is 8.09. The number of thiophene rings is 1. The van der Waals surface area contributed by atoms with Crippen molar-refractivity contribution >= 4 is 38.9 Å². The lowest BCUT2D eigenvalue weighted by atomic mass is 9.86. The summed E-state index contributed by atoms with van der Waals surface area (Å²) in [4.78, 5) is 1.36. The lowest BCUT2D eigenvalue weighted by Gasteiger charge is -2.30. The summed E-state index contributed by atoms with van der Waals surface area (Å²) in [6.45, 7) is 12.3. The van der Waals surface area contributed by atoms with Crippen molar-refractivity contribution in [3.05, 3.63) is 19.8 Å². The van der Waals surface area contributed by atoms with Crippen molar-refractivity contribution in [1.29, 1.82) is 0 Å². The van der Waals surface area contributed by atoms with Gasteiger partial charge in [0.15, 0.2) is 0 Å². The van der Waals surface area contributed by atoms with Gasteiger partial charge < -0.3 is 5.32 Å². The highest BCUT2D eigenvalue weighted by Gasteiger charge is 2.21. The summed E-state index contributed by atoms with van der Waals surface area (Å²) in [5.41, 5.74) is 0.489. The van der Waals surface area contributed by atoms with E-state index >= 15 is 0 Å². The lowest BCUT2D eigenvalue weighted by molar-refractivity contribution is 0.274. The molecule has 0 aliphatic heterocycles. The Bertz CT molecular complexity index is 373. The van der Waals surface area contributed by atoms with Gasteiger partial charge in [0.05, 0.1) is 0 Å². The van der Waals surface area contributed by atoms with Crippen LogP contribution >= 0.6 is 38.9 Å². The van der Waals surface area contributed by atoms with Crippen molar-refractivity contribution in [2.45, 2.75) is 53.0 Å². The van der Waals surface area contributed by atoms with Crippen molar-refractivity contribution in [3.8, 4) is 0 Å². The summed E-state index contributed by atoms with van der Waals surface area (Å²) in [6.07, 6.45) is 2.26. The molecule has 1 nitrogen and oxygen atoms in total. The second-order valence-corrected chi connectivity index (χ2v) is 9.20. The minimum atomic E-state index is 0.187. The summed E-state index contributed by atoms with van der Waals surface area (Å²) in [5, 5.41) is 3.58. The van der Waals surface area contributed by atoms with Crippen molar-refractivity contribution in [1.82, 2.24) is 5.32 Å². The van der Waals surface area contributed by atoms with E-state index in [2.05, 4.69) is 61.9 Å². The minimum absolute atomic E-state index is 0.187. The van der Waals surface area contributed by atoms with Crippen LogP contribution in [-0.2, 0) is 6.42 Å². The molecule has 0 aliphatic carbocycles. The molecule has 0 spiro atoms. The maximum absolute atomic E-state index is 6.06. The Labute approximate surface area is 128 Å². The molecule has 0 fully saturated rings. The number of halogens is 2. The van der Waals surface area contributed by atoms with Crippen molar-refractivity contribution < 1.29 is 0 Å². The highest BCUT2D eigenvalue weighted by molar-refractivity contribution is 9.10. The maximum atomic E-state index is 6.06. The molecule has 0 aromatic carbocycles. The second-order valence-electron chi connectivity index (χ2n) is 6.60. The van der Waals surface area contributed by atoms with Crippen LogP contribution in [0.25, 0.3) is 0 Å². The highest BCUT2D eigenvalue weighted by Crippen LogP contribution is 2.34. The Hall–Kier alpha value is 0.430. The summed E-state index contributed by atoms with van der Waals surface area (Å²) < 4.78 is 1.88. The van der Waals surface area contributed by atoms with E-state index in [-0.39, 0.29) is 5.54 Å². The highest BCUT2D eigenvalue weighted by atomic mass is 79.9. The van der Waals surface area contributed by atoms with E-state index in [0.717, 1.165) is 21.8 Å². The summed E-state index contributed by atoms with van der Waals surface area (Å²) >= 11 is 11.2. The summed E-state index contributed by atoms with van der Waals surface area (Å²) in [5.74, 6) is 0. The molecule has 0 saturated carbocycles. The third kappa shape index (κ3) is 6.05. The van der Waals surface area contributed by atoms with Gasteiger partial charge in [0.1, 0.15) is 4.34 Å². The lowest BCUT2D eigenvalue weighted by Crippen LogP contribution is -2.42. The maximum Gasteiger partial charge on any atom is 0.107 e. The average Bonchev–Trinajstić information content (AvgIpc) is 2.53. The first-order valence-corrected chi connectivity index (χ1v) is 8.27. The van der Waals surface area contributed by atoms with Crippen LogP contribution in [0.4, 0.5) is 0 Å². The van der Waals surface area contributed by atoms with Crippen LogP contribution in [-0.4, -0.2) is 12.1 Å². The molecule has 1 heterocycles. The Morgan fingerprint density at radius 2 is 1.89 bits per heavy atom. The van der Waals surface area contributed by atoms with Gasteiger partial charge >= 0.3 is 0 Å². The fourth-order valence-corrected chi connectivity index (χ4v) is 3.36. The van der Waals surface area contributed by atoms with Crippen LogP contribution in [0.2, 0.25) is 4.34 Å². The van der Waals surface area contributed by atoms with Gasteiger partial charge in [-0.3, -0.25) is 0 Å². The zero-order chi connectivity index (χ0) is 14.0. The molecule has 104 valence electrons. The van der Waals surface area contributed by atoms with E-state index in [1.807, 2.05) is 0 Å². The Kier molecular flexibility index (Phi) is 5.73. The minimum Gasteiger partial charge on any atom is -0.312 e. The standard InChI is InChI=1S/C14H23BrClNS/c1-13(2,3)17-9-14(4,5)7-6-10-8-11(15)12(16)18-10/h8,17H,6-7,9H2,1-5H3. The molecular formula is C14H23BrClNS. The molecule has 18 heavy (non-hydrogen) atoms. The smallest absolute Gasteiger partial charge is 0.107 e. The number of nitrogens with one attached hydrogen (secondary N) is 1. The van der Waals surface area contributed by atoms with Crippen molar-refractivity contribution in [3.63, 3.8) is 0 Å². The molecule has 1 aromatic heterocycles.